The molecule has 0 atom stereocenters. The summed E-state index contributed by atoms with van der Waals surface area (Å²) in [7, 11) is 7.17. The van der Waals surface area contributed by atoms with Crippen LogP contribution in [-0.2, 0) is 13.3 Å². The zero-order valence-corrected chi connectivity index (χ0v) is 24.2. The topological polar surface area (TPSA) is 27.7 Å². The van der Waals surface area contributed by atoms with Crippen molar-refractivity contribution in [3.05, 3.63) is 12.3 Å². The average molecular weight is 494 g/mol. The molecule has 0 aliphatic heterocycles. The van der Waals surface area contributed by atoms with Gasteiger partial charge in [0.2, 0.25) is 0 Å². The summed E-state index contributed by atoms with van der Waals surface area (Å²) in [5, 5.41) is 0. The summed E-state index contributed by atoms with van der Waals surface area (Å²) >= 11 is 0. The van der Waals surface area contributed by atoms with Crippen molar-refractivity contribution in [1.82, 2.24) is 0 Å². The van der Waals surface area contributed by atoms with Crippen molar-refractivity contribution in [1.29, 1.82) is 0 Å². The summed E-state index contributed by atoms with van der Waals surface area (Å²) in [5.74, 6) is 0. The maximum atomic E-state index is 5.51. The van der Waals surface area contributed by atoms with E-state index in [1.54, 1.807) is 21.3 Å². The molecular weight excluding hydrogens is 438 g/mol. The van der Waals surface area contributed by atoms with E-state index in [1.165, 1.54) is 96.3 Å². The lowest BCUT2D eigenvalue weighted by molar-refractivity contribution is -0.839. The second-order valence-electron chi connectivity index (χ2n) is 9.67. The Morgan fingerprint density at radius 1 is 0.625 bits per heavy atom. The van der Waals surface area contributed by atoms with E-state index >= 15 is 0 Å². The highest BCUT2D eigenvalue weighted by atomic mass is 35.5. The molecule has 0 aromatic carbocycles. The van der Waals surface area contributed by atoms with Gasteiger partial charge in [0.1, 0.15) is 0 Å². The molecule has 0 spiro atoms. The number of hydrogen-bond acceptors (Lipinski definition) is 3. The first-order valence-corrected chi connectivity index (χ1v) is 15.0. The Morgan fingerprint density at radius 3 is 1.44 bits per heavy atom. The summed E-state index contributed by atoms with van der Waals surface area (Å²) < 4.78 is 17.4. The van der Waals surface area contributed by atoms with E-state index in [1.807, 2.05) is 0 Å². The molecule has 0 saturated carbocycles. The number of quaternary nitrogens is 1. The van der Waals surface area contributed by atoms with Crippen molar-refractivity contribution in [2.75, 3.05) is 42.0 Å². The van der Waals surface area contributed by atoms with E-state index in [0.29, 0.717) is 0 Å². The summed E-state index contributed by atoms with van der Waals surface area (Å²) in [4.78, 5) is 0. The van der Waals surface area contributed by atoms with E-state index in [2.05, 4.69) is 33.3 Å². The predicted octanol–water partition coefficient (Wildman–Crippen LogP) is 4.72. The van der Waals surface area contributed by atoms with Gasteiger partial charge in [0.15, 0.2) is 0 Å². The molecule has 0 unspecified atom stereocenters. The molecule has 4 nitrogen and oxygen atoms in total. The Kier molecular flexibility index (Phi) is 24.5. The summed E-state index contributed by atoms with van der Waals surface area (Å²) in [6.07, 6.45) is 26.9. The van der Waals surface area contributed by atoms with Crippen molar-refractivity contribution < 1.29 is 30.2 Å². The Morgan fingerprint density at radius 2 is 1.03 bits per heavy atom. The molecular formula is C26H56ClNO3Si. The Labute approximate surface area is 208 Å². The fourth-order valence-electron chi connectivity index (χ4n) is 4.15. The number of allylic oxidation sites excluding steroid dienone is 1. The van der Waals surface area contributed by atoms with Gasteiger partial charge in [-0.3, -0.25) is 0 Å². The third-order valence-electron chi connectivity index (χ3n) is 6.38. The smallest absolute Gasteiger partial charge is 0.500 e. The molecule has 0 bridgehead atoms. The lowest BCUT2D eigenvalue weighted by Crippen LogP contribution is -3.00. The minimum absolute atomic E-state index is 0. The molecule has 0 rings (SSSR count). The van der Waals surface area contributed by atoms with Gasteiger partial charge in [0, 0.05) is 33.8 Å². The van der Waals surface area contributed by atoms with Gasteiger partial charge in [-0.25, -0.2) is 0 Å². The van der Waals surface area contributed by atoms with Crippen LogP contribution in [0.15, 0.2) is 12.3 Å². The van der Waals surface area contributed by atoms with Gasteiger partial charge < -0.3 is 30.2 Å². The SMILES string of the molecule is CCCCCCCCCCCCCCCCC=C[N+](C)(C)CCC[Si](OC)(OC)OC.[Cl-]. The Hall–Kier alpha value is 0.0869. The summed E-state index contributed by atoms with van der Waals surface area (Å²) in [6, 6.07) is 0.866. The first-order chi connectivity index (χ1) is 14.9. The molecule has 0 aliphatic carbocycles. The summed E-state index contributed by atoms with van der Waals surface area (Å²) in [6.45, 7) is 3.36. The van der Waals surface area contributed by atoms with E-state index < -0.39 is 8.80 Å². The Balaban J connectivity index is 0. The van der Waals surface area contributed by atoms with Gasteiger partial charge in [0.05, 0.1) is 26.8 Å². The zero-order chi connectivity index (χ0) is 23.3. The first kappa shape index (κ1) is 34.3. The fourth-order valence-corrected chi connectivity index (χ4v) is 5.85. The molecule has 0 heterocycles. The van der Waals surface area contributed by atoms with E-state index in [9.17, 15) is 0 Å². The normalized spacial score (nSPS) is 12.4. The predicted molar refractivity (Wildman–Crippen MR) is 137 cm³/mol. The van der Waals surface area contributed by atoms with Crippen LogP contribution < -0.4 is 12.4 Å². The fraction of sp³-hybridized carbons (Fsp3) is 0.923. The van der Waals surface area contributed by atoms with E-state index in [0.717, 1.165) is 23.5 Å². The molecule has 0 aromatic heterocycles. The molecule has 0 amide bonds. The average Bonchev–Trinajstić information content (AvgIpc) is 2.76. The third-order valence-corrected chi connectivity index (χ3v) is 9.22. The quantitative estimate of drug-likeness (QED) is 0.117. The van der Waals surface area contributed by atoms with Gasteiger partial charge in [0.25, 0.3) is 0 Å². The molecule has 0 saturated heterocycles. The molecule has 0 radical (unpaired) electrons. The molecule has 32 heavy (non-hydrogen) atoms. The molecule has 6 heteroatoms. The largest absolute Gasteiger partial charge is 1.00 e. The van der Waals surface area contributed by atoms with Crippen LogP contribution in [0.3, 0.4) is 0 Å². The highest BCUT2D eigenvalue weighted by Crippen LogP contribution is 2.17. The van der Waals surface area contributed by atoms with Gasteiger partial charge in [-0.05, 0) is 18.9 Å². The number of hydrogen-bond donors (Lipinski definition) is 0. The van der Waals surface area contributed by atoms with Crippen LogP contribution in [-0.4, -0.2) is 55.3 Å². The molecule has 0 aromatic rings. The highest BCUT2D eigenvalue weighted by molar-refractivity contribution is 6.60. The van der Waals surface area contributed by atoms with E-state index in [-0.39, 0.29) is 12.4 Å². The monoisotopic (exact) mass is 493 g/mol. The standard InChI is InChI=1S/C26H56NO3Si.ClH/c1-7-8-9-10-11-12-13-14-15-16-17-18-19-20-21-22-24-27(2,3)25-23-26-31(28-4,29-5)30-6;/h22,24H,7-21,23,25-26H2,1-6H3;1H/q+1;/p-1. The third kappa shape index (κ3) is 19.5. The lowest BCUT2D eigenvalue weighted by Gasteiger charge is -2.28. The van der Waals surface area contributed by atoms with Crippen LogP contribution in [0.1, 0.15) is 110 Å². The molecule has 0 aliphatic rings. The van der Waals surface area contributed by atoms with Gasteiger partial charge in [-0.1, -0.05) is 90.4 Å². The second-order valence-corrected chi connectivity index (χ2v) is 12.8. The molecule has 194 valence electrons. The first-order valence-electron chi connectivity index (χ1n) is 13.1. The minimum Gasteiger partial charge on any atom is -1.00 e. The van der Waals surface area contributed by atoms with Crippen LogP contribution in [0, 0.1) is 0 Å². The van der Waals surface area contributed by atoms with Crippen molar-refractivity contribution in [3.63, 3.8) is 0 Å². The highest BCUT2D eigenvalue weighted by Gasteiger charge is 2.37. The zero-order valence-electron chi connectivity index (χ0n) is 22.4. The van der Waals surface area contributed by atoms with Crippen LogP contribution in [0.2, 0.25) is 6.04 Å². The number of rotatable bonds is 23. The number of nitrogens with zero attached hydrogens (tertiary/aromatic N) is 1. The van der Waals surface area contributed by atoms with Gasteiger partial charge >= 0.3 is 8.80 Å². The Bertz CT molecular complexity index is 410. The van der Waals surface area contributed by atoms with Gasteiger partial charge in [-0.2, -0.15) is 0 Å². The van der Waals surface area contributed by atoms with Crippen LogP contribution in [0.25, 0.3) is 0 Å². The van der Waals surface area contributed by atoms with Crippen molar-refractivity contribution in [3.8, 4) is 0 Å². The van der Waals surface area contributed by atoms with Crippen molar-refractivity contribution >= 4 is 8.80 Å². The van der Waals surface area contributed by atoms with Crippen molar-refractivity contribution in [2.45, 2.75) is 116 Å². The van der Waals surface area contributed by atoms with Crippen LogP contribution in [0.4, 0.5) is 0 Å². The number of unbranched alkanes of at least 4 members (excludes halogenated alkanes) is 14. The molecule has 0 N–H and O–H groups in total. The minimum atomic E-state index is -2.43. The maximum Gasteiger partial charge on any atom is 0.500 e. The van der Waals surface area contributed by atoms with Gasteiger partial charge in [-0.15, -0.1) is 0 Å². The number of halogens is 1. The van der Waals surface area contributed by atoms with Crippen molar-refractivity contribution in [2.24, 2.45) is 0 Å². The second kappa shape index (κ2) is 22.9. The summed E-state index contributed by atoms with van der Waals surface area (Å²) in [5.41, 5.74) is 0. The lowest BCUT2D eigenvalue weighted by atomic mass is 10.0. The van der Waals surface area contributed by atoms with E-state index in [4.69, 9.17) is 13.3 Å². The van der Waals surface area contributed by atoms with Crippen LogP contribution in [0.5, 0.6) is 0 Å². The van der Waals surface area contributed by atoms with Crippen LogP contribution >= 0.6 is 0 Å². The molecule has 0 fully saturated rings. The maximum absolute atomic E-state index is 5.51.